The van der Waals surface area contributed by atoms with Crippen LogP contribution in [0.4, 0.5) is 5.69 Å². The molecule has 9 heteroatoms. The monoisotopic (exact) mass is 320 g/mol. The third kappa shape index (κ3) is 2.34. The van der Waals surface area contributed by atoms with Crippen LogP contribution in [-0.2, 0) is 15.8 Å². The van der Waals surface area contributed by atoms with Crippen LogP contribution in [0.15, 0.2) is 46.4 Å². The summed E-state index contributed by atoms with van der Waals surface area (Å²) in [6.45, 7) is 0. The van der Waals surface area contributed by atoms with E-state index in [1.807, 2.05) is 6.07 Å². The van der Waals surface area contributed by atoms with Crippen LogP contribution in [0.25, 0.3) is 0 Å². The van der Waals surface area contributed by atoms with Crippen molar-refractivity contribution in [3.63, 3.8) is 0 Å². The minimum absolute atomic E-state index is 0.0300. The summed E-state index contributed by atoms with van der Waals surface area (Å²) >= 11 is 0. The molecule has 22 heavy (non-hydrogen) atoms. The third-order valence-electron chi connectivity index (χ3n) is 3.49. The summed E-state index contributed by atoms with van der Waals surface area (Å²) in [4.78, 5) is 7.28. The molecule has 1 aliphatic heterocycles. The molecule has 1 unspecified atom stereocenters. The lowest BCUT2D eigenvalue weighted by molar-refractivity contribution is 0.466. The number of sulfonamides is 1. The first-order valence-corrected chi connectivity index (χ1v) is 8.01. The number of primary sulfonamides is 1. The lowest BCUT2D eigenvalue weighted by Crippen LogP contribution is -2.61. The van der Waals surface area contributed by atoms with Crippen LogP contribution in [0.5, 0.6) is 0 Å². The number of benzene rings is 1. The van der Waals surface area contributed by atoms with Crippen LogP contribution < -0.4 is 21.5 Å². The minimum Gasteiger partial charge on any atom is -0.357 e. The molecular formula is C13H16N6O2S. The summed E-state index contributed by atoms with van der Waals surface area (Å²) in [5, 5.41) is 11.4. The van der Waals surface area contributed by atoms with Crippen molar-refractivity contribution in [3.8, 4) is 0 Å². The molecule has 7 N–H and O–H groups in total. The van der Waals surface area contributed by atoms with E-state index in [1.165, 1.54) is 12.1 Å². The van der Waals surface area contributed by atoms with Crippen LogP contribution in [0.3, 0.4) is 0 Å². The first-order valence-electron chi connectivity index (χ1n) is 6.46. The average molecular weight is 320 g/mol. The van der Waals surface area contributed by atoms with E-state index in [2.05, 4.69) is 20.6 Å². The Morgan fingerprint density at radius 1 is 1.14 bits per heavy atom. The third-order valence-corrected chi connectivity index (χ3v) is 4.42. The molecule has 2 aromatic rings. The molecule has 0 bridgehead atoms. The summed E-state index contributed by atoms with van der Waals surface area (Å²) in [7, 11) is -2.08. The Labute approximate surface area is 127 Å². The molecule has 0 radical (unpaired) electrons. The van der Waals surface area contributed by atoms with Gasteiger partial charge < -0.3 is 15.6 Å². The summed E-state index contributed by atoms with van der Waals surface area (Å²) < 4.78 is 22.6. The highest BCUT2D eigenvalue weighted by Gasteiger charge is 2.35. The number of amidine groups is 1. The molecule has 0 fully saturated rings. The zero-order valence-electron chi connectivity index (χ0n) is 11.8. The van der Waals surface area contributed by atoms with Crippen molar-refractivity contribution < 1.29 is 8.42 Å². The number of rotatable bonds is 2. The van der Waals surface area contributed by atoms with E-state index >= 15 is 0 Å². The average Bonchev–Trinajstić information content (AvgIpc) is 2.93. The maximum absolute atomic E-state index is 11.3. The molecule has 2 heterocycles. The van der Waals surface area contributed by atoms with Gasteiger partial charge in [0.25, 0.3) is 0 Å². The Morgan fingerprint density at radius 2 is 1.82 bits per heavy atom. The molecule has 1 aliphatic rings. The van der Waals surface area contributed by atoms with Crippen molar-refractivity contribution in [2.75, 3.05) is 12.4 Å². The van der Waals surface area contributed by atoms with E-state index < -0.39 is 15.8 Å². The summed E-state index contributed by atoms with van der Waals surface area (Å²) in [6, 6.07) is 7.88. The van der Waals surface area contributed by atoms with Gasteiger partial charge in [0.15, 0.2) is 5.79 Å². The van der Waals surface area contributed by atoms with Crippen LogP contribution >= 0.6 is 0 Å². The van der Waals surface area contributed by atoms with Crippen molar-refractivity contribution in [1.82, 2.24) is 10.3 Å². The maximum Gasteiger partial charge on any atom is 0.238 e. The fourth-order valence-corrected chi connectivity index (χ4v) is 2.90. The topological polar surface area (TPSA) is 138 Å². The molecule has 1 atom stereocenters. The molecular weight excluding hydrogens is 304 g/mol. The molecule has 1 aromatic carbocycles. The molecule has 0 saturated heterocycles. The number of aliphatic imine (C=N–C) groups is 1. The molecule has 8 nitrogen and oxygen atoms in total. The van der Waals surface area contributed by atoms with Crippen molar-refractivity contribution in [3.05, 3.63) is 47.8 Å². The van der Waals surface area contributed by atoms with Gasteiger partial charge in [-0.1, -0.05) is 12.1 Å². The molecule has 1 aromatic heterocycles. The summed E-state index contributed by atoms with van der Waals surface area (Å²) in [6.07, 6.45) is 1.78. The van der Waals surface area contributed by atoms with Crippen molar-refractivity contribution >= 4 is 21.5 Å². The zero-order valence-corrected chi connectivity index (χ0v) is 12.6. The second-order valence-corrected chi connectivity index (χ2v) is 6.53. The molecule has 0 amide bonds. The predicted molar refractivity (Wildman–Crippen MR) is 83.7 cm³/mol. The number of aromatic nitrogens is 1. The minimum atomic E-state index is -3.74. The number of hydrogen-bond acceptors (Lipinski definition) is 5. The van der Waals surface area contributed by atoms with Gasteiger partial charge in [-0.15, -0.1) is 0 Å². The van der Waals surface area contributed by atoms with Gasteiger partial charge in [-0.2, -0.15) is 0 Å². The fraction of sp³-hybridized carbons (Fsp3) is 0.154. The fourth-order valence-electron chi connectivity index (χ4n) is 2.38. The number of nitrogens with one attached hydrogen (secondary N) is 3. The van der Waals surface area contributed by atoms with Crippen LogP contribution in [-0.4, -0.2) is 26.3 Å². The van der Waals surface area contributed by atoms with Gasteiger partial charge in [0.2, 0.25) is 10.0 Å². The second kappa shape index (κ2) is 4.83. The van der Waals surface area contributed by atoms with E-state index in [9.17, 15) is 8.42 Å². The normalized spacial score (nSPS) is 22.8. The molecule has 0 saturated carbocycles. The quantitative estimate of drug-likeness (QED) is 0.522. The highest BCUT2D eigenvalue weighted by atomic mass is 32.2. The summed E-state index contributed by atoms with van der Waals surface area (Å²) in [5.74, 6) is -0.502. The van der Waals surface area contributed by atoms with Crippen molar-refractivity contribution in [2.24, 2.45) is 15.9 Å². The van der Waals surface area contributed by atoms with Crippen LogP contribution in [0.1, 0.15) is 11.3 Å². The van der Waals surface area contributed by atoms with Gasteiger partial charge in [-0.25, -0.2) is 13.6 Å². The molecule has 3 rings (SSSR count). The van der Waals surface area contributed by atoms with E-state index in [0.717, 1.165) is 11.4 Å². The number of anilines is 1. The lowest BCUT2D eigenvalue weighted by Gasteiger charge is -2.37. The smallest absolute Gasteiger partial charge is 0.238 e. The zero-order chi connectivity index (χ0) is 16.0. The van der Waals surface area contributed by atoms with E-state index in [4.69, 9.17) is 10.9 Å². The van der Waals surface area contributed by atoms with Gasteiger partial charge >= 0.3 is 0 Å². The maximum atomic E-state index is 11.3. The highest BCUT2D eigenvalue weighted by molar-refractivity contribution is 7.89. The second-order valence-electron chi connectivity index (χ2n) is 4.97. The molecule has 0 aliphatic carbocycles. The van der Waals surface area contributed by atoms with Crippen LogP contribution in [0, 0.1) is 0 Å². The Kier molecular flexibility index (Phi) is 3.20. The number of nitrogens with zero attached hydrogens (tertiary/aromatic N) is 1. The van der Waals surface area contributed by atoms with E-state index in [-0.39, 0.29) is 4.90 Å². The summed E-state index contributed by atoms with van der Waals surface area (Å²) in [5.41, 5.74) is 8.64. The Morgan fingerprint density at radius 3 is 2.41 bits per heavy atom. The SMILES string of the molecule is CN=C1NC(N)(c2ccc(S(N)(=O)=O)cc2)Nc2cc[nH]c21. The number of fused-ring (bicyclic) bond motifs is 1. The Bertz CT molecular complexity index is 840. The predicted octanol–water partition coefficient (Wildman–Crippen LogP) is -0.177. The first-order chi connectivity index (χ1) is 10.3. The van der Waals surface area contributed by atoms with E-state index in [0.29, 0.717) is 11.4 Å². The number of nitrogens with two attached hydrogens (primary N) is 2. The van der Waals surface area contributed by atoms with Crippen molar-refractivity contribution in [1.29, 1.82) is 0 Å². The molecule has 116 valence electrons. The Balaban J connectivity index is 2.01. The van der Waals surface area contributed by atoms with Gasteiger partial charge in [-0.05, 0) is 18.2 Å². The Hall–Kier alpha value is -2.36. The number of aromatic amines is 1. The largest absolute Gasteiger partial charge is 0.357 e. The van der Waals surface area contributed by atoms with Gasteiger partial charge in [0.05, 0.1) is 10.6 Å². The van der Waals surface area contributed by atoms with Gasteiger partial charge in [0, 0.05) is 18.8 Å². The highest BCUT2D eigenvalue weighted by Crippen LogP contribution is 2.27. The number of hydrogen-bond donors (Lipinski definition) is 5. The lowest BCUT2D eigenvalue weighted by atomic mass is 10.0. The first kappa shape index (κ1) is 14.6. The standard InChI is InChI=1S/C13H16N6O2S/c1-16-12-11-10(6-7-17-11)18-13(14,19-12)8-2-4-9(5-3-8)22(15,20)21/h2-7,17-18H,14H2,1H3,(H,16,19)(H2,15,20,21). The van der Waals surface area contributed by atoms with Crippen molar-refractivity contribution in [2.45, 2.75) is 10.7 Å². The van der Waals surface area contributed by atoms with Gasteiger partial charge in [-0.3, -0.25) is 10.7 Å². The molecule has 0 spiro atoms. The van der Waals surface area contributed by atoms with Crippen LogP contribution in [0.2, 0.25) is 0 Å². The number of H-pyrrole nitrogens is 1. The van der Waals surface area contributed by atoms with Gasteiger partial charge in [0.1, 0.15) is 11.5 Å². The van der Waals surface area contributed by atoms with E-state index in [1.54, 1.807) is 25.4 Å².